The quantitative estimate of drug-likeness (QED) is 0.840. The van der Waals surface area contributed by atoms with Gasteiger partial charge in [-0.25, -0.2) is 0 Å². The van der Waals surface area contributed by atoms with Crippen LogP contribution in [0.4, 0.5) is 5.69 Å². The third-order valence-electron chi connectivity index (χ3n) is 4.28. The summed E-state index contributed by atoms with van der Waals surface area (Å²) in [6, 6.07) is 6.65. The molecule has 1 aromatic rings. The highest BCUT2D eigenvalue weighted by molar-refractivity contribution is 9.10. The second kappa shape index (κ2) is 6.46. The van der Waals surface area contributed by atoms with E-state index in [0.29, 0.717) is 18.8 Å². The molecular formula is C16H24BrNO2. The van der Waals surface area contributed by atoms with E-state index in [4.69, 9.17) is 9.47 Å². The van der Waals surface area contributed by atoms with Crippen molar-refractivity contribution in [3.8, 4) is 0 Å². The van der Waals surface area contributed by atoms with Crippen LogP contribution in [0.5, 0.6) is 0 Å². The van der Waals surface area contributed by atoms with Crippen LogP contribution in [0.25, 0.3) is 0 Å². The summed E-state index contributed by atoms with van der Waals surface area (Å²) in [5.41, 5.74) is 2.47. The molecule has 2 atom stereocenters. The summed E-state index contributed by atoms with van der Waals surface area (Å²) in [6.45, 7) is 7.98. The summed E-state index contributed by atoms with van der Waals surface area (Å²) in [5.74, 6) is 0. The number of methoxy groups -OCH3 is 1. The Hall–Kier alpha value is -0.580. The van der Waals surface area contributed by atoms with Crippen LogP contribution in [0, 0.1) is 5.41 Å². The van der Waals surface area contributed by atoms with Crippen molar-refractivity contribution < 1.29 is 9.47 Å². The zero-order valence-corrected chi connectivity index (χ0v) is 14.3. The van der Waals surface area contributed by atoms with Gasteiger partial charge in [0.25, 0.3) is 0 Å². The molecule has 2 unspecified atom stereocenters. The van der Waals surface area contributed by atoms with E-state index in [9.17, 15) is 0 Å². The van der Waals surface area contributed by atoms with Crippen molar-refractivity contribution >= 4 is 21.6 Å². The summed E-state index contributed by atoms with van der Waals surface area (Å²) < 4.78 is 12.2. The normalized spacial score (nSPS) is 24.2. The summed E-state index contributed by atoms with van der Waals surface area (Å²) in [7, 11) is 1.72. The molecule has 1 fully saturated rings. The summed E-state index contributed by atoms with van der Waals surface area (Å²) in [4.78, 5) is 0. The van der Waals surface area contributed by atoms with Crippen LogP contribution < -0.4 is 5.32 Å². The van der Waals surface area contributed by atoms with Crippen molar-refractivity contribution in [3.63, 3.8) is 0 Å². The molecule has 0 aliphatic heterocycles. The number of nitrogens with one attached hydrogen (secondary N) is 1. The van der Waals surface area contributed by atoms with E-state index < -0.39 is 0 Å². The minimum Gasteiger partial charge on any atom is -0.381 e. The molecule has 0 bridgehead atoms. The fourth-order valence-electron chi connectivity index (χ4n) is 2.79. The van der Waals surface area contributed by atoms with Crippen LogP contribution in [-0.2, 0) is 16.1 Å². The standard InChI is InChI=1S/C16H24BrNO2/c1-5-20-15-9-14(16(15,2)3)18-13-8-6-7-12(17)11(13)10-19-4/h6-8,14-15,18H,5,9-10H2,1-4H3. The Morgan fingerprint density at radius 1 is 1.40 bits per heavy atom. The van der Waals surface area contributed by atoms with Gasteiger partial charge in [-0.1, -0.05) is 35.8 Å². The monoisotopic (exact) mass is 341 g/mol. The van der Waals surface area contributed by atoms with Crippen molar-refractivity contribution in [2.24, 2.45) is 5.41 Å². The summed E-state index contributed by atoms with van der Waals surface area (Å²) in [5, 5.41) is 3.66. The Balaban J connectivity index is 2.10. The molecule has 3 nitrogen and oxygen atoms in total. The number of anilines is 1. The lowest BCUT2D eigenvalue weighted by Gasteiger charge is -2.52. The van der Waals surface area contributed by atoms with Gasteiger partial charge < -0.3 is 14.8 Å². The fourth-order valence-corrected chi connectivity index (χ4v) is 3.27. The van der Waals surface area contributed by atoms with Crippen molar-refractivity contribution in [1.29, 1.82) is 0 Å². The van der Waals surface area contributed by atoms with Gasteiger partial charge in [-0.2, -0.15) is 0 Å². The summed E-state index contributed by atoms with van der Waals surface area (Å²) >= 11 is 3.60. The third-order valence-corrected chi connectivity index (χ3v) is 5.03. The van der Waals surface area contributed by atoms with Crippen LogP contribution >= 0.6 is 15.9 Å². The smallest absolute Gasteiger partial charge is 0.0744 e. The maximum absolute atomic E-state index is 5.79. The average molecular weight is 342 g/mol. The molecule has 0 heterocycles. The molecule has 0 amide bonds. The van der Waals surface area contributed by atoms with E-state index >= 15 is 0 Å². The molecule has 0 radical (unpaired) electrons. The maximum atomic E-state index is 5.79. The number of benzene rings is 1. The maximum Gasteiger partial charge on any atom is 0.0744 e. The van der Waals surface area contributed by atoms with Crippen LogP contribution in [-0.4, -0.2) is 25.9 Å². The number of hydrogen-bond acceptors (Lipinski definition) is 3. The first-order valence-corrected chi connectivity index (χ1v) is 7.94. The van der Waals surface area contributed by atoms with Crippen molar-refractivity contribution in [2.45, 2.75) is 45.9 Å². The van der Waals surface area contributed by atoms with Crippen molar-refractivity contribution in [3.05, 3.63) is 28.2 Å². The van der Waals surface area contributed by atoms with Crippen LogP contribution in [0.1, 0.15) is 32.8 Å². The first kappa shape index (κ1) is 15.8. The van der Waals surface area contributed by atoms with E-state index in [2.05, 4.69) is 60.2 Å². The van der Waals surface area contributed by atoms with Crippen molar-refractivity contribution in [2.75, 3.05) is 19.0 Å². The number of ether oxygens (including phenoxy) is 2. The van der Waals surface area contributed by atoms with Gasteiger partial charge in [0.05, 0.1) is 12.7 Å². The molecular weight excluding hydrogens is 318 g/mol. The van der Waals surface area contributed by atoms with Gasteiger partial charge in [-0.15, -0.1) is 0 Å². The molecule has 0 spiro atoms. The highest BCUT2D eigenvalue weighted by Gasteiger charge is 2.49. The van der Waals surface area contributed by atoms with Crippen LogP contribution in [0.15, 0.2) is 22.7 Å². The van der Waals surface area contributed by atoms with Gasteiger partial charge in [-0.3, -0.25) is 0 Å². The topological polar surface area (TPSA) is 30.5 Å². The molecule has 20 heavy (non-hydrogen) atoms. The molecule has 2 rings (SSSR count). The molecule has 0 aromatic heterocycles. The number of halogens is 1. The minimum absolute atomic E-state index is 0.155. The second-order valence-electron chi connectivity index (χ2n) is 5.90. The Kier molecular flexibility index (Phi) is 5.10. The average Bonchev–Trinajstić information content (AvgIpc) is 2.41. The van der Waals surface area contributed by atoms with E-state index in [-0.39, 0.29) is 5.41 Å². The van der Waals surface area contributed by atoms with Crippen molar-refractivity contribution in [1.82, 2.24) is 0 Å². The Morgan fingerprint density at radius 2 is 2.15 bits per heavy atom. The van der Waals surface area contributed by atoms with Gasteiger partial charge in [0.2, 0.25) is 0 Å². The Labute approximate surface area is 130 Å². The largest absolute Gasteiger partial charge is 0.381 e. The lowest BCUT2D eigenvalue weighted by Crippen LogP contribution is -2.58. The van der Waals surface area contributed by atoms with E-state index in [1.165, 1.54) is 5.56 Å². The van der Waals surface area contributed by atoms with Crippen LogP contribution in [0.3, 0.4) is 0 Å². The lowest BCUT2D eigenvalue weighted by atomic mass is 9.64. The Bertz CT molecular complexity index is 462. The predicted octanol–water partition coefficient (Wildman–Crippen LogP) is 4.21. The number of rotatable bonds is 6. The van der Waals surface area contributed by atoms with Gasteiger partial charge in [0.15, 0.2) is 0 Å². The first-order chi connectivity index (χ1) is 9.50. The molecule has 0 saturated heterocycles. The fraction of sp³-hybridized carbons (Fsp3) is 0.625. The highest BCUT2D eigenvalue weighted by atomic mass is 79.9. The van der Waals surface area contributed by atoms with E-state index in [1.807, 2.05) is 0 Å². The van der Waals surface area contributed by atoms with Gasteiger partial charge in [0, 0.05) is 40.9 Å². The first-order valence-electron chi connectivity index (χ1n) is 7.15. The molecule has 112 valence electrons. The molecule has 1 aliphatic carbocycles. The van der Waals surface area contributed by atoms with Gasteiger partial charge in [-0.05, 0) is 25.5 Å². The molecule has 1 aliphatic rings. The zero-order chi connectivity index (χ0) is 14.8. The van der Waals surface area contributed by atoms with E-state index in [1.54, 1.807) is 7.11 Å². The van der Waals surface area contributed by atoms with Gasteiger partial charge >= 0.3 is 0 Å². The minimum atomic E-state index is 0.155. The van der Waals surface area contributed by atoms with E-state index in [0.717, 1.165) is 23.2 Å². The van der Waals surface area contributed by atoms with Gasteiger partial charge in [0.1, 0.15) is 0 Å². The molecule has 1 aromatic carbocycles. The summed E-state index contributed by atoms with van der Waals surface area (Å²) in [6.07, 6.45) is 1.41. The highest BCUT2D eigenvalue weighted by Crippen LogP contribution is 2.45. The number of hydrogen-bond donors (Lipinski definition) is 1. The molecule has 1 saturated carbocycles. The Morgan fingerprint density at radius 3 is 2.75 bits per heavy atom. The third kappa shape index (κ3) is 3.02. The molecule has 4 heteroatoms. The zero-order valence-electron chi connectivity index (χ0n) is 12.7. The molecule has 1 N–H and O–H groups in total. The SMILES string of the molecule is CCOC1CC(Nc2cccc(Br)c2COC)C1(C)C. The second-order valence-corrected chi connectivity index (χ2v) is 6.75. The van der Waals surface area contributed by atoms with Crippen LogP contribution in [0.2, 0.25) is 0 Å². The predicted molar refractivity (Wildman–Crippen MR) is 86.1 cm³/mol. The lowest BCUT2D eigenvalue weighted by molar-refractivity contribution is -0.0976.